The summed E-state index contributed by atoms with van der Waals surface area (Å²) < 4.78 is 6.55. The van der Waals surface area contributed by atoms with Crippen LogP contribution in [0.3, 0.4) is 0 Å². The Bertz CT molecular complexity index is 2170. The van der Waals surface area contributed by atoms with Gasteiger partial charge in [0.1, 0.15) is 5.52 Å². The van der Waals surface area contributed by atoms with Gasteiger partial charge in [-0.25, -0.2) is 4.98 Å². The minimum absolute atomic E-state index is 0.0421. The Morgan fingerprint density at radius 1 is 0.674 bits per heavy atom. The monoisotopic (exact) mass is 558 g/mol. The van der Waals surface area contributed by atoms with Crippen molar-refractivity contribution >= 4 is 44.5 Å². The summed E-state index contributed by atoms with van der Waals surface area (Å²) in [7, 11) is 0. The lowest BCUT2D eigenvalue weighted by Crippen LogP contribution is -2.11. The zero-order chi connectivity index (χ0) is 29.7. The van der Waals surface area contributed by atoms with Crippen molar-refractivity contribution in [1.29, 1.82) is 0 Å². The standard InChI is InChI=1S/C40H34N2O/c1-25-18-26(2)20-28(19-25)35-22-30(40(3,4)5)23-37-38(35)42-39(43-37)34-16-10-11-17-36(34)41-24-29-21-27-12-6-7-13-31(27)33-15-9-8-14-32(29)33/h6-24H,1-5H3. The van der Waals surface area contributed by atoms with E-state index in [4.69, 9.17) is 14.4 Å². The van der Waals surface area contributed by atoms with E-state index in [1.165, 1.54) is 38.2 Å². The van der Waals surface area contributed by atoms with Gasteiger partial charge < -0.3 is 4.42 Å². The van der Waals surface area contributed by atoms with E-state index in [1.54, 1.807) is 0 Å². The Morgan fingerprint density at radius 2 is 1.35 bits per heavy atom. The zero-order valence-electron chi connectivity index (χ0n) is 25.3. The summed E-state index contributed by atoms with van der Waals surface area (Å²) in [5.74, 6) is 0.572. The third-order valence-corrected chi connectivity index (χ3v) is 8.17. The van der Waals surface area contributed by atoms with Crippen LogP contribution in [0.15, 0.2) is 119 Å². The molecule has 0 saturated heterocycles. The Labute approximate surface area is 252 Å². The van der Waals surface area contributed by atoms with Crippen LogP contribution in [-0.4, -0.2) is 11.2 Å². The highest BCUT2D eigenvalue weighted by atomic mass is 16.3. The summed E-state index contributed by atoms with van der Waals surface area (Å²) in [6, 6.07) is 38.4. The van der Waals surface area contributed by atoms with Gasteiger partial charge in [0.05, 0.1) is 11.3 Å². The van der Waals surface area contributed by atoms with E-state index >= 15 is 0 Å². The number of hydrogen-bond donors (Lipinski definition) is 0. The summed E-state index contributed by atoms with van der Waals surface area (Å²) >= 11 is 0. The maximum atomic E-state index is 6.55. The first-order valence-electron chi connectivity index (χ1n) is 14.8. The average molecular weight is 559 g/mol. The minimum atomic E-state index is -0.0421. The molecule has 0 N–H and O–H groups in total. The number of fused-ring (bicyclic) bond motifs is 4. The summed E-state index contributed by atoms with van der Waals surface area (Å²) in [6.45, 7) is 11.0. The lowest BCUT2D eigenvalue weighted by atomic mass is 9.84. The Morgan fingerprint density at radius 3 is 2.12 bits per heavy atom. The van der Waals surface area contributed by atoms with E-state index < -0.39 is 0 Å². The van der Waals surface area contributed by atoms with Crippen LogP contribution in [0.4, 0.5) is 5.69 Å². The molecule has 43 heavy (non-hydrogen) atoms. The van der Waals surface area contributed by atoms with Crippen LogP contribution in [0.25, 0.3) is 55.2 Å². The normalized spacial score (nSPS) is 12.2. The van der Waals surface area contributed by atoms with Crippen LogP contribution in [0.2, 0.25) is 0 Å². The van der Waals surface area contributed by atoms with Crippen molar-refractivity contribution in [1.82, 2.24) is 4.98 Å². The number of oxazole rings is 1. The Kier molecular flexibility index (Phi) is 6.47. The van der Waals surface area contributed by atoms with Crippen LogP contribution in [-0.2, 0) is 5.41 Å². The quantitative estimate of drug-likeness (QED) is 0.159. The van der Waals surface area contributed by atoms with E-state index in [0.29, 0.717) is 5.89 Å². The molecule has 0 spiro atoms. The second kappa shape index (κ2) is 10.4. The van der Waals surface area contributed by atoms with E-state index in [0.717, 1.165) is 39.0 Å². The number of aliphatic imine (C=N–C) groups is 1. The minimum Gasteiger partial charge on any atom is -0.436 e. The molecule has 0 aliphatic rings. The molecule has 0 fully saturated rings. The fourth-order valence-electron chi connectivity index (χ4n) is 6.02. The zero-order valence-corrected chi connectivity index (χ0v) is 25.3. The van der Waals surface area contributed by atoms with Crippen molar-refractivity contribution in [3.8, 4) is 22.6 Å². The first-order chi connectivity index (χ1) is 20.7. The summed E-state index contributed by atoms with van der Waals surface area (Å²) in [4.78, 5) is 10.1. The molecule has 3 heteroatoms. The highest BCUT2D eigenvalue weighted by Crippen LogP contribution is 2.39. The molecule has 6 aromatic carbocycles. The SMILES string of the molecule is Cc1cc(C)cc(-c2cc(C(C)(C)C)cc3oc(-c4ccccc4N=Cc4cc5ccccc5c5ccccc45)nc23)c1. The van der Waals surface area contributed by atoms with E-state index in [9.17, 15) is 0 Å². The van der Waals surface area contributed by atoms with Crippen LogP contribution >= 0.6 is 0 Å². The first kappa shape index (κ1) is 26.9. The van der Waals surface area contributed by atoms with Crippen LogP contribution in [0, 0.1) is 13.8 Å². The molecule has 0 atom stereocenters. The van der Waals surface area contributed by atoms with Gasteiger partial charge in [-0.2, -0.15) is 0 Å². The lowest BCUT2D eigenvalue weighted by molar-refractivity contribution is 0.584. The van der Waals surface area contributed by atoms with Gasteiger partial charge >= 0.3 is 0 Å². The average Bonchev–Trinajstić information content (AvgIpc) is 3.43. The Balaban J connectivity index is 1.38. The van der Waals surface area contributed by atoms with E-state index in [-0.39, 0.29) is 5.41 Å². The molecule has 3 nitrogen and oxygen atoms in total. The van der Waals surface area contributed by atoms with Gasteiger partial charge in [-0.1, -0.05) is 111 Å². The second-order valence-electron chi connectivity index (χ2n) is 12.5. The largest absolute Gasteiger partial charge is 0.436 e. The summed E-state index contributed by atoms with van der Waals surface area (Å²) in [5.41, 5.74) is 10.3. The number of hydrogen-bond acceptors (Lipinski definition) is 3. The van der Waals surface area contributed by atoms with E-state index in [2.05, 4.69) is 120 Å². The smallest absolute Gasteiger partial charge is 0.229 e. The van der Waals surface area contributed by atoms with E-state index in [1.807, 2.05) is 30.5 Å². The van der Waals surface area contributed by atoms with Crippen molar-refractivity contribution < 1.29 is 4.42 Å². The molecule has 7 aromatic rings. The van der Waals surface area contributed by atoms with Crippen molar-refractivity contribution in [2.24, 2.45) is 4.99 Å². The predicted molar refractivity (Wildman–Crippen MR) is 182 cm³/mol. The van der Waals surface area contributed by atoms with Gasteiger partial charge in [-0.05, 0) is 82.3 Å². The topological polar surface area (TPSA) is 38.4 Å². The molecule has 0 bridgehead atoms. The number of nitrogens with zero attached hydrogens (tertiary/aromatic N) is 2. The van der Waals surface area contributed by atoms with Gasteiger partial charge in [0.25, 0.3) is 0 Å². The summed E-state index contributed by atoms with van der Waals surface area (Å²) in [6.07, 6.45) is 1.97. The van der Waals surface area contributed by atoms with Crippen molar-refractivity contribution in [3.63, 3.8) is 0 Å². The van der Waals surface area contributed by atoms with Crippen LogP contribution in [0.5, 0.6) is 0 Å². The van der Waals surface area contributed by atoms with Crippen molar-refractivity contribution in [2.75, 3.05) is 0 Å². The van der Waals surface area contributed by atoms with Gasteiger partial charge in [0.2, 0.25) is 5.89 Å². The molecule has 0 aliphatic carbocycles. The maximum absolute atomic E-state index is 6.55. The Hall–Kier alpha value is -5.02. The molecule has 0 saturated carbocycles. The summed E-state index contributed by atoms with van der Waals surface area (Å²) in [5, 5.41) is 4.85. The molecule has 1 aromatic heterocycles. The lowest BCUT2D eigenvalue weighted by Gasteiger charge is -2.20. The third kappa shape index (κ3) is 5.02. The highest BCUT2D eigenvalue weighted by Gasteiger charge is 2.21. The van der Waals surface area contributed by atoms with Gasteiger partial charge in [0, 0.05) is 17.3 Å². The molecule has 7 rings (SSSR count). The molecular weight excluding hydrogens is 524 g/mol. The first-order valence-corrected chi connectivity index (χ1v) is 14.8. The molecule has 1 heterocycles. The molecule has 0 aliphatic heterocycles. The van der Waals surface area contributed by atoms with Crippen LogP contribution < -0.4 is 0 Å². The van der Waals surface area contributed by atoms with Gasteiger partial charge in [0.15, 0.2) is 5.58 Å². The number of aromatic nitrogens is 1. The second-order valence-corrected chi connectivity index (χ2v) is 12.5. The number of aryl methyl sites for hydroxylation is 2. The van der Waals surface area contributed by atoms with Gasteiger partial charge in [-0.3, -0.25) is 4.99 Å². The van der Waals surface area contributed by atoms with Gasteiger partial charge in [-0.15, -0.1) is 0 Å². The predicted octanol–water partition coefficient (Wildman–Crippen LogP) is 11.1. The van der Waals surface area contributed by atoms with Crippen LogP contribution in [0.1, 0.15) is 43.0 Å². The number of rotatable bonds is 4. The third-order valence-electron chi connectivity index (χ3n) is 8.17. The van der Waals surface area contributed by atoms with Crippen molar-refractivity contribution in [2.45, 2.75) is 40.0 Å². The maximum Gasteiger partial charge on any atom is 0.229 e. The molecule has 210 valence electrons. The number of benzene rings is 6. The van der Waals surface area contributed by atoms with Crippen molar-refractivity contribution in [3.05, 3.63) is 131 Å². The fraction of sp³-hybridized carbons (Fsp3) is 0.150. The molecule has 0 radical (unpaired) electrons. The molecular formula is C40H34N2O. The molecule has 0 amide bonds. The fourth-order valence-corrected chi connectivity index (χ4v) is 6.02. The number of para-hydroxylation sites is 1. The highest BCUT2D eigenvalue weighted by molar-refractivity contribution is 6.14. The molecule has 0 unspecified atom stereocenters.